The maximum atomic E-state index is 8.89. The van der Waals surface area contributed by atoms with E-state index < -0.39 is 0 Å². The van der Waals surface area contributed by atoms with Crippen LogP contribution in [0.1, 0.15) is 6.42 Å². The van der Waals surface area contributed by atoms with Gasteiger partial charge in [-0.05, 0) is 18.6 Å². The van der Waals surface area contributed by atoms with E-state index in [1.54, 1.807) is 0 Å². The van der Waals surface area contributed by atoms with Gasteiger partial charge in [-0.2, -0.15) is 0 Å². The van der Waals surface area contributed by atoms with Gasteiger partial charge in [0.05, 0.1) is 25.1 Å². The van der Waals surface area contributed by atoms with Crippen LogP contribution in [0, 0.1) is 0 Å². The molecule has 3 aromatic heterocycles. The van der Waals surface area contributed by atoms with Crippen molar-refractivity contribution in [3.05, 3.63) is 24.5 Å². The number of fused-ring (bicyclic) bond motifs is 1. The van der Waals surface area contributed by atoms with Crippen LogP contribution in [0.15, 0.2) is 24.5 Å². The quantitative estimate of drug-likeness (QED) is 0.461. The normalized spacial score (nSPS) is 15.2. The van der Waals surface area contributed by atoms with E-state index in [0.717, 1.165) is 66.6 Å². The molecule has 150 valence electrons. The summed E-state index contributed by atoms with van der Waals surface area (Å²) in [7, 11) is 0. The molecule has 0 bridgehead atoms. The molecule has 4 rings (SSSR count). The maximum Gasteiger partial charge on any atom is 0.214 e. The summed E-state index contributed by atoms with van der Waals surface area (Å²) in [6.07, 6.45) is 4.36. The average molecular weight is 404 g/mol. The summed E-state index contributed by atoms with van der Waals surface area (Å²) >= 11 is 1.49. The summed E-state index contributed by atoms with van der Waals surface area (Å²) in [5.41, 5.74) is 1.88. The fourth-order valence-electron chi connectivity index (χ4n) is 3.05. The van der Waals surface area contributed by atoms with Gasteiger partial charge in [0.2, 0.25) is 10.1 Å². The molecule has 0 radical (unpaired) electrons. The topological polar surface area (TPSA) is 99.8 Å². The molecule has 0 aliphatic carbocycles. The molecular weight excluding hydrogens is 378 g/mol. The van der Waals surface area contributed by atoms with E-state index in [2.05, 4.69) is 30.6 Å². The lowest BCUT2D eigenvalue weighted by atomic mass is 10.2. The minimum Gasteiger partial charge on any atom is -0.396 e. The number of pyridine rings is 1. The highest BCUT2D eigenvalue weighted by atomic mass is 32.1. The lowest BCUT2D eigenvalue weighted by Gasteiger charge is -2.26. The van der Waals surface area contributed by atoms with Crippen molar-refractivity contribution in [3.8, 4) is 11.3 Å². The van der Waals surface area contributed by atoms with E-state index in [1.807, 2.05) is 29.0 Å². The highest BCUT2D eigenvalue weighted by molar-refractivity contribution is 7.20. The van der Waals surface area contributed by atoms with E-state index in [4.69, 9.17) is 9.84 Å². The molecule has 0 atom stereocenters. The summed E-state index contributed by atoms with van der Waals surface area (Å²) in [5.74, 6) is 0.863. The average Bonchev–Trinajstić information content (AvgIpc) is 3.30. The Bertz CT molecular complexity index is 874. The Balaban J connectivity index is 1.36. The second-order valence-corrected chi connectivity index (χ2v) is 7.52. The predicted molar refractivity (Wildman–Crippen MR) is 110 cm³/mol. The number of imidazole rings is 1. The Kier molecular flexibility index (Phi) is 6.32. The van der Waals surface area contributed by atoms with E-state index in [9.17, 15) is 0 Å². The Labute approximate surface area is 167 Å². The Morgan fingerprint density at radius 1 is 1.11 bits per heavy atom. The number of anilines is 2. The van der Waals surface area contributed by atoms with Crippen molar-refractivity contribution in [2.75, 3.05) is 63.2 Å². The molecule has 0 spiro atoms. The first kappa shape index (κ1) is 19.1. The van der Waals surface area contributed by atoms with Crippen LogP contribution >= 0.6 is 11.3 Å². The number of rotatable bonds is 9. The standard InChI is InChI=1S/C18H25N7O2S/c26-9-1-4-20-17-23-25-15(13-22-18(25)28-17)14-2-3-16(21-12-14)19-5-6-24-7-10-27-11-8-24/h2-3,12-13,26H,1,4-11H2,(H,19,21)(H,20,23). The highest BCUT2D eigenvalue weighted by Crippen LogP contribution is 2.26. The van der Waals surface area contributed by atoms with Crippen LogP contribution in [0.25, 0.3) is 16.2 Å². The predicted octanol–water partition coefficient (Wildman–Crippen LogP) is 1.39. The summed E-state index contributed by atoms with van der Waals surface area (Å²) < 4.78 is 7.20. The molecule has 9 nitrogen and oxygen atoms in total. The molecule has 0 saturated carbocycles. The molecular formula is C18H25N7O2S. The van der Waals surface area contributed by atoms with Crippen LogP contribution in [-0.2, 0) is 4.74 Å². The van der Waals surface area contributed by atoms with Gasteiger partial charge in [0.25, 0.3) is 0 Å². The summed E-state index contributed by atoms with van der Waals surface area (Å²) in [4.78, 5) is 12.2. The molecule has 0 amide bonds. The molecule has 0 unspecified atom stereocenters. The number of ether oxygens (including phenoxy) is 1. The fraction of sp³-hybridized carbons (Fsp3) is 0.500. The van der Waals surface area contributed by atoms with Crippen LogP contribution in [-0.4, -0.2) is 82.1 Å². The molecule has 1 aliphatic heterocycles. The number of nitrogens with one attached hydrogen (secondary N) is 2. The third-order valence-corrected chi connectivity index (χ3v) is 5.47. The Morgan fingerprint density at radius 3 is 2.79 bits per heavy atom. The SMILES string of the molecule is OCCCNc1nn2c(-c3ccc(NCCN4CCOCC4)nc3)cnc2s1. The van der Waals surface area contributed by atoms with E-state index in [1.165, 1.54) is 11.3 Å². The van der Waals surface area contributed by atoms with E-state index in [-0.39, 0.29) is 6.61 Å². The zero-order valence-electron chi connectivity index (χ0n) is 15.7. The van der Waals surface area contributed by atoms with Gasteiger partial charge >= 0.3 is 0 Å². The van der Waals surface area contributed by atoms with Crippen LogP contribution < -0.4 is 10.6 Å². The number of hydrogen-bond donors (Lipinski definition) is 3. The Morgan fingerprint density at radius 2 is 2.00 bits per heavy atom. The van der Waals surface area contributed by atoms with Crippen molar-refractivity contribution in [3.63, 3.8) is 0 Å². The third kappa shape index (κ3) is 4.58. The number of aliphatic hydroxyl groups is 1. The minimum absolute atomic E-state index is 0.166. The summed E-state index contributed by atoms with van der Waals surface area (Å²) in [6, 6.07) is 4.02. The van der Waals surface area contributed by atoms with Gasteiger partial charge in [0.1, 0.15) is 5.82 Å². The number of aromatic nitrogens is 4. The van der Waals surface area contributed by atoms with Crippen LogP contribution in [0.3, 0.4) is 0 Å². The van der Waals surface area contributed by atoms with Gasteiger partial charge in [-0.15, -0.1) is 5.10 Å². The number of morpholine rings is 1. The zero-order chi connectivity index (χ0) is 19.2. The largest absolute Gasteiger partial charge is 0.396 e. The van der Waals surface area contributed by atoms with Gasteiger partial charge in [0.15, 0.2) is 0 Å². The molecule has 0 aromatic carbocycles. The monoisotopic (exact) mass is 403 g/mol. The van der Waals surface area contributed by atoms with Gasteiger partial charge in [-0.25, -0.2) is 14.5 Å². The van der Waals surface area contributed by atoms with Crippen LogP contribution in [0.4, 0.5) is 10.9 Å². The molecule has 1 saturated heterocycles. The van der Waals surface area contributed by atoms with Crippen molar-refractivity contribution < 1.29 is 9.84 Å². The van der Waals surface area contributed by atoms with Crippen LogP contribution in [0.2, 0.25) is 0 Å². The van der Waals surface area contributed by atoms with E-state index >= 15 is 0 Å². The zero-order valence-corrected chi connectivity index (χ0v) is 16.5. The Hall–Kier alpha value is -2.27. The summed E-state index contributed by atoms with van der Waals surface area (Å²) in [5, 5.41) is 20.8. The third-order valence-electron chi connectivity index (χ3n) is 4.59. The van der Waals surface area contributed by atoms with Gasteiger partial charge in [-0.3, -0.25) is 4.90 Å². The molecule has 3 aromatic rings. The van der Waals surface area contributed by atoms with Gasteiger partial charge < -0.3 is 20.5 Å². The minimum atomic E-state index is 0.166. The molecule has 10 heteroatoms. The first-order valence-electron chi connectivity index (χ1n) is 9.53. The number of aliphatic hydroxyl groups excluding tert-OH is 1. The summed E-state index contributed by atoms with van der Waals surface area (Å²) in [6.45, 7) is 6.34. The second kappa shape index (κ2) is 9.28. The van der Waals surface area contributed by atoms with Crippen molar-refractivity contribution in [2.24, 2.45) is 0 Å². The molecule has 3 N–H and O–H groups in total. The lowest BCUT2D eigenvalue weighted by molar-refractivity contribution is 0.0398. The van der Waals surface area contributed by atoms with E-state index in [0.29, 0.717) is 13.0 Å². The molecule has 1 aliphatic rings. The van der Waals surface area contributed by atoms with Crippen molar-refractivity contribution in [1.29, 1.82) is 0 Å². The first-order chi connectivity index (χ1) is 13.8. The lowest BCUT2D eigenvalue weighted by Crippen LogP contribution is -2.39. The molecule has 4 heterocycles. The molecule has 1 fully saturated rings. The highest BCUT2D eigenvalue weighted by Gasteiger charge is 2.12. The number of hydrogen-bond acceptors (Lipinski definition) is 9. The fourth-order valence-corrected chi connectivity index (χ4v) is 3.85. The van der Waals surface area contributed by atoms with Crippen LogP contribution in [0.5, 0.6) is 0 Å². The second-order valence-electron chi connectivity index (χ2n) is 6.56. The molecule has 28 heavy (non-hydrogen) atoms. The maximum absolute atomic E-state index is 8.89. The van der Waals surface area contributed by atoms with Gasteiger partial charge in [0, 0.05) is 51.1 Å². The van der Waals surface area contributed by atoms with Crippen molar-refractivity contribution >= 4 is 27.2 Å². The first-order valence-corrected chi connectivity index (χ1v) is 10.3. The number of nitrogens with zero attached hydrogens (tertiary/aromatic N) is 5. The van der Waals surface area contributed by atoms with Gasteiger partial charge in [-0.1, -0.05) is 11.3 Å². The van der Waals surface area contributed by atoms with Crippen molar-refractivity contribution in [1.82, 2.24) is 24.5 Å². The smallest absolute Gasteiger partial charge is 0.214 e. The van der Waals surface area contributed by atoms with Crippen molar-refractivity contribution in [2.45, 2.75) is 6.42 Å².